The number of nitrogens with zero attached hydrogens (tertiary/aromatic N) is 2. The van der Waals surface area contributed by atoms with Gasteiger partial charge in [0.15, 0.2) is 15.7 Å². The molecule has 1 heterocycles. The second-order valence-corrected chi connectivity index (χ2v) is 6.17. The third kappa shape index (κ3) is 4.50. The SMILES string of the molecule is CCO/N=C(\N)c1ccc(CS(C)(=O)=O)c(C(N)=O)n1. The molecule has 1 amide bonds. The maximum Gasteiger partial charge on any atom is 0.267 e. The molecule has 0 saturated heterocycles. The highest BCUT2D eigenvalue weighted by molar-refractivity contribution is 7.89. The predicted molar refractivity (Wildman–Crippen MR) is 73.7 cm³/mol. The zero-order valence-electron chi connectivity index (χ0n) is 11.2. The topological polar surface area (TPSA) is 138 Å². The number of pyridine rings is 1. The Hall–Kier alpha value is -2.16. The molecule has 8 nitrogen and oxygen atoms in total. The summed E-state index contributed by atoms with van der Waals surface area (Å²) in [5.41, 5.74) is 11.1. The van der Waals surface area contributed by atoms with Crippen molar-refractivity contribution in [3.05, 3.63) is 29.1 Å². The van der Waals surface area contributed by atoms with E-state index in [0.717, 1.165) is 6.26 Å². The van der Waals surface area contributed by atoms with Crippen molar-refractivity contribution in [1.82, 2.24) is 4.98 Å². The average Bonchev–Trinajstić information content (AvgIpc) is 2.34. The van der Waals surface area contributed by atoms with Gasteiger partial charge in [-0.1, -0.05) is 11.2 Å². The van der Waals surface area contributed by atoms with Crippen LogP contribution in [0.4, 0.5) is 0 Å². The molecule has 9 heteroatoms. The summed E-state index contributed by atoms with van der Waals surface area (Å²) < 4.78 is 22.6. The van der Waals surface area contributed by atoms with Gasteiger partial charge in [0.2, 0.25) is 0 Å². The Kier molecular flexibility index (Phi) is 5.03. The first-order valence-electron chi connectivity index (χ1n) is 5.68. The summed E-state index contributed by atoms with van der Waals surface area (Å²) in [6, 6.07) is 2.88. The zero-order valence-corrected chi connectivity index (χ0v) is 12.0. The third-order valence-corrected chi connectivity index (χ3v) is 3.02. The molecule has 0 aromatic carbocycles. The number of rotatable bonds is 6. The summed E-state index contributed by atoms with van der Waals surface area (Å²) >= 11 is 0. The van der Waals surface area contributed by atoms with Gasteiger partial charge in [-0.3, -0.25) is 4.79 Å². The second kappa shape index (κ2) is 6.33. The Morgan fingerprint density at radius 3 is 2.55 bits per heavy atom. The first-order valence-corrected chi connectivity index (χ1v) is 7.74. The fourth-order valence-corrected chi connectivity index (χ4v) is 2.22. The molecule has 20 heavy (non-hydrogen) atoms. The van der Waals surface area contributed by atoms with Crippen molar-refractivity contribution >= 4 is 21.6 Å². The number of hydrogen-bond donors (Lipinski definition) is 2. The summed E-state index contributed by atoms with van der Waals surface area (Å²) in [5, 5.41) is 3.58. The lowest BCUT2D eigenvalue weighted by Gasteiger charge is -2.07. The molecule has 0 atom stereocenters. The molecule has 110 valence electrons. The van der Waals surface area contributed by atoms with Crippen molar-refractivity contribution < 1.29 is 18.0 Å². The van der Waals surface area contributed by atoms with Crippen LogP contribution in [0.1, 0.15) is 28.7 Å². The Balaban J connectivity index is 3.23. The normalized spacial score (nSPS) is 12.2. The number of hydrogen-bond acceptors (Lipinski definition) is 6. The number of carbonyl (C=O) groups is 1. The van der Waals surface area contributed by atoms with E-state index < -0.39 is 15.7 Å². The van der Waals surface area contributed by atoms with Crippen molar-refractivity contribution in [2.75, 3.05) is 12.9 Å². The fraction of sp³-hybridized carbons (Fsp3) is 0.364. The molecule has 1 aromatic heterocycles. The lowest BCUT2D eigenvalue weighted by atomic mass is 10.2. The highest BCUT2D eigenvalue weighted by atomic mass is 32.2. The molecular formula is C11H16N4O4S. The van der Waals surface area contributed by atoms with Crippen molar-refractivity contribution in [3.8, 4) is 0 Å². The monoisotopic (exact) mass is 300 g/mol. The van der Waals surface area contributed by atoms with Gasteiger partial charge in [-0.25, -0.2) is 13.4 Å². The van der Waals surface area contributed by atoms with Gasteiger partial charge in [0.25, 0.3) is 5.91 Å². The van der Waals surface area contributed by atoms with Crippen molar-refractivity contribution in [3.63, 3.8) is 0 Å². The van der Waals surface area contributed by atoms with Crippen molar-refractivity contribution in [1.29, 1.82) is 0 Å². The Morgan fingerprint density at radius 2 is 2.05 bits per heavy atom. The Morgan fingerprint density at radius 1 is 1.40 bits per heavy atom. The van der Waals surface area contributed by atoms with Crippen LogP contribution in [0, 0.1) is 0 Å². The van der Waals surface area contributed by atoms with E-state index in [9.17, 15) is 13.2 Å². The van der Waals surface area contributed by atoms with E-state index >= 15 is 0 Å². The number of amides is 1. The molecule has 0 spiro atoms. The second-order valence-electron chi connectivity index (χ2n) is 4.03. The lowest BCUT2D eigenvalue weighted by Crippen LogP contribution is -2.22. The van der Waals surface area contributed by atoms with E-state index in [-0.39, 0.29) is 28.5 Å². The van der Waals surface area contributed by atoms with Gasteiger partial charge in [-0.2, -0.15) is 0 Å². The lowest BCUT2D eigenvalue weighted by molar-refractivity contribution is 0.0995. The van der Waals surface area contributed by atoms with Gasteiger partial charge in [0.1, 0.15) is 18.0 Å². The number of sulfone groups is 1. The number of primary amides is 1. The predicted octanol–water partition coefficient (Wildman–Crippen LogP) is -0.618. The number of aromatic nitrogens is 1. The third-order valence-electron chi connectivity index (χ3n) is 2.18. The molecule has 4 N–H and O–H groups in total. The molecule has 1 rings (SSSR count). The van der Waals surface area contributed by atoms with Crippen LogP contribution in [0.25, 0.3) is 0 Å². The molecule has 0 aliphatic rings. The molecular weight excluding hydrogens is 284 g/mol. The van der Waals surface area contributed by atoms with Crippen LogP contribution in [0.15, 0.2) is 17.3 Å². The minimum Gasteiger partial charge on any atom is -0.394 e. The Bertz CT molecular complexity index is 640. The number of nitrogens with two attached hydrogens (primary N) is 2. The van der Waals surface area contributed by atoms with Gasteiger partial charge >= 0.3 is 0 Å². The molecule has 0 unspecified atom stereocenters. The molecule has 0 radical (unpaired) electrons. The largest absolute Gasteiger partial charge is 0.394 e. The standard InChI is InChI=1S/C11H16N4O4S/c1-3-19-15-10(12)8-5-4-7(6-20(2,17)18)9(14-8)11(13)16/h4-5H,3,6H2,1-2H3,(H2,12,15)(H2,13,16). The van der Waals surface area contributed by atoms with Crippen LogP contribution >= 0.6 is 0 Å². The minimum absolute atomic E-state index is 0.0275. The smallest absolute Gasteiger partial charge is 0.267 e. The van der Waals surface area contributed by atoms with Crippen molar-refractivity contribution in [2.24, 2.45) is 16.6 Å². The van der Waals surface area contributed by atoms with Crippen LogP contribution in [0.2, 0.25) is 0 Å². The van der Waals surface area contributed by atoms with Crippen LogP contribution < -0.4 is 11.5 Å². The van der Waals surface area contributed by atoms with E-state index in [1.165, 1.54) is 12.1 Å². The summed E-state index contributed by atoms with van der Waals surface area (Å²) in [4.78, 5) is 20.1. The van der Waals surface area contributed by atoms with Crippen LogP contribution in [0.3, 0.4) is 0 Å². The summed E-state index contributed by atoms with van der Waals surface area (Å²) in [6.45, 7) is 2.06. The van der Waals surface area contributed by atoms with Crippen LogP contribution in [-0.4, -0.2) is 38.0 Å². The molecule has 0 fully saturated rings. The first kappa shape index (κ1) is 15.9. The van der Waals surface area contributed by atoms with E-state index in [4.69, 9.17) is 16.3 Å². The van der Waals surface area contributed by atoms with E-state index in [1.807, 2.05) is 0 Å². The highest BCUT2D eigenvalue weighted by Gasteiger charge is 2.16. The fourth-order valence-electron chi connectivity index (χ4n) is 1.42. The maximum atomic E-state index is 11.3. The Labute approximate surface area is 116 Å². The summed E-state index contributed by atoms with van der Waals surface area (Å²) in [7, 11) is -3.31. The summed E-state index contributed by atoms with van der Waals surface area (Å²) in [5.74, 6) is -1.20. The van der Waals surface area contributed by atoms with Gasteiger partial charge in [0, 0.05) is 6.26 Å². The molecule has 0 aliphatic carbocycles. The first-order chi connectivity index (χ1) is 9.24. The van der Waals surface area contributed by atoms with Gasteiger partial charge in [0.05, 0.1) is 5.75 Å². The molecule has 0 bridgehead atoms. The molecule has 0 aliphatic heterocycles. The van der Waals surface area contributed by atoms with Crippen LogP contribution in [0.5, 0.6) is 0 Å². The van der Waals surface area contributed by atoms with Crippen molar-refractivity contribution in [2.45, 2.75) is 12.7 Å². The minimum atomic E-state index is -3.31. The average molecular weight is 300 g/mol. The highest BCUT2D eigenvalue weighted by Crippen LogP contribution is 2.11. The van der Waals surface area contributed by atoms with Crippen LogP contribution in [-0.2, 0) is 20.4 Å². The zero-order chi connectivity index (χ0) is 15.3. The summed E-state index contributed by atoms with van der Waals surface area (Å²) in [6.07, 6.45) is 1.05. The van der Waals surface area contributed by atoms with E-state index in [0.29, 0.717) is 6.61 Å². The molecule has 0 saturated carbocycles. The quantitative estimate of drug-likeness (QED) is 0.408. The number of amidine groups is 1. The maximum absolute atomic E-state index is 11.3. The van der Waals surface area contributed by atoms with E-state index in [2.05, 4.69) is 10.1 Å². The molecule has 1 aromatic rings. The van der Waals surface area contributed by atoms with Gasteiger partial charge < -0.3 is 16.3 Å². The number of carbonyl (C=O) groups excluding carboxylic acids is 1. The van der Waals surface area contributed by atoms with Gasteiger partial charge in [-0.05, 0) is 18.6 Å². The van der Waals surface area contributed by atoms with Gasteiger partial charge in [-0.15, -0.1) is 0 Å². The van der Waals surface area contributed by atoms with E-state index in [1.54, 1.807) is 6.92 Å². The number of oxime groups is 1.